The van der Waals surface area contributed by atoms with Crippen LogP contribution in [0, 0.1) is 5.92 Å². The van der Waals surface area contributed by atoms with Crippen molar-refractivity contribution in [3.05, 3.63) is 52.5 Å². The zero-order chi connectivity index (χ0) is 22.5. The minimum absolute atomic E-state index is 0.0266. The Hall–Kier alpha value is -2.80. The van der Waals surface area contributed by atoms with Crippen LogP contribution in [0.4, 0.5) is 0 Å². The van der Waals surface area contributed by atoms with Gasteiger partial charge < -0.3 is 14.8 Å². The molecule has 1 N–H and O–H groups in total. The minimum atomic E-state index is -0.111. The van der Waals surface area contributed by atoms with E-state index in [0.29, 0.717) is 34.4 Å². The second-order valence-corrected chi connectivity index (χ2v) is 9.03. The summed E-state index contributed by atoms with van der Waals surface area (Å²) in [5.74, 6) is 1.57. The molecule has 164 valence electrons. The van der Waals surface area contributed by atoms with Crippen molar-refractivity contribution in [3.63, 3.8) is 0 Å². The van der Waals surface area contributed by atoms with E-state index in [1.54, 1.807) is 25.8 Å². The van der Waals surface area contributed by atoms with Gasteiger partial charge >= 0.3 is 5.91 Å². The number of nitrogens with one attached hydrogen (secondary N) is 1. The standard InChI is InChI=1S/C24H28N2O4S/c1-15(2)10-11-25-23(27)17-7-9-21-18(14-17)26(3)24(28)22(31-21)13-16-6-8-19(29-4)20(12-16)30-5/h6-9,12-15,21H,10-11H2,1-5H3/p+1/b22-13-. The summed E-state index contributed by atoms with van der Waals surface area (Å²) in [6.07, 6.45) is 8.41. The molecule has 0 fully saturated rings. The third-order valence-corrected chi connectivity index (χ3v) is 6.38. The predicted octanol–water partition coefficient (Wildman–Crippen LogP) is 3.43. The van der Waals surface area contributed by atoms with E-state index in [0.717, 1.165) is 17.7 Å². The second-order valence-electron chi connectivity index (χ2n) is 7.85. The van der Waals surface area contributed by atoms with E-state index in [1.807, 2.05) is 42.5 Å². The molecule has 1 atom stereocenters. The van der Waals surface area contributed by atoms with Crippen LogP contribution in [0.5, 0.6) is 11.5 Å². The number of benzene rings is 1. The maximum Gasteiger partial charge on any atom is 0.425 e. The highest BCUT2D eigenvalue weighted by atomic mass is 32.2. The van der Waals surface area contributed by atoms with Crippen LogP contribution in [0.1, 0.15) is 25.8 Å². The van der Waals surface area contributed by atoms with Gasteiger partial charge in [-0.2, -0.15) is 4.58 Å². The lowest BCUT2D eigenvalue weighted by molar-refractivity contribution is -0.413. The van der Waals surface area contributed by atoms with Crippen LogP contribution in [-0.2, 0) is 9.59 Å². The SMILES string of the molecule is COc1ccc(/C=C2\SC3C=CC(C(=O)NCCC(C)C)=CC3=[N+](C)C2=O)cc1OC. The molecule has 6 nitrogen and oxygen atoms in total. The zero-order valence-corrected chi connectivity index (χ0v) is 19.4. The average Bonchev–Trinajstić information content (AvgIpc) is 2.76. The van der Waals surface area contributed by atoms with Gasteiger partial charge in [-0.3, -0.25) is 4.79 Å². The molecule has 0 saturated carbocycles. The number of hydrogen-bond donors (Lipinski definition) is 1. The lowest BCUT2D eigenvalue weighted by Gasteiger charge is -2.21. The van der Waals surface area contributed by atoms with Crippen molar-refractivity contribution in [2.45, 2.75) is 25.5 Å². The van der Waals surface area contributed by atoms with Crippen molar-refractivity contribution in [1.29, 1.82) is 0 Å². The number of hydrogen-bond acceptors (Lipinski definition) is 5. The molecule has 0 radical (unpaired) electrons. The van der Waals surface area contributed by atoms with Gasteiger partial charge in [0.15, 0.2) is 11.5 Å². The number of carbonyl (C=O) groups is 2. The van der Waals surface area contributed by atoms with E-state index in [4.69, 9.17) is 9.47 Å². The molecule has 0 bridgehead atoms. The number of fused-ring (bicyclic) bond motifs is 1. The molecule has 7 heteroatoms. The van der Waals surface area contributed by atoms with Gasteiger partial charge in [-0.1, -0.05) is 43.8 Å². The van der Waals surface area contributed by atoms with Gasteiger partial charge in [-0.25, -0.2) is 4.79 Å². The van der Waals surface area contributed by atoms with Crippen LogP contribution in [0.3, 0.4) is 0 Å². The van der Waals surface area contributed by atoms with E-state index in [9.17, 15) is 9.59 Å². The Bertz CT molecular complexity index is 1000. The molecule has 1 aromatic rings. The van der Waals surface area contributed by atoms with E-state index < -0.39 is 0 Å². The van der Waals surface area contributed by atoms with Crippen molar-refractivity contribution in [1.82, 2.24) is 5.32 Å². The Morgan fingerprint density at radius 3 is 2.68 bits per heavy atom. The van der Waals surface area contributed by atoms with Crippen LogP contribution in [0.25, 0.3) is 6.08 Å². The van der Waals surface area contributed by atoms with Gasteiger partial charge in [0.2, 0.25) is 5.71 Å². The first-order valence-electron chi connectivity index (χ1n) is 10.3. The number of likely N-dealkylation sites (N-methyl/N-ethyl adjacent to an activating group) is 1. The summed E-state index contributed by atoms with van der Waals surface area (Å²) in [7, 11) is 4.92. The Balaban J connectivity index is 1.82. The zero-order valence-electron chi connectivity index (χ0n) is 18.6. The third-order valence-electron chi connectivity index (χ3n) is 5.18. The molecule has 1 aromatic carbocycles. The molecular weight excluding hydrogens is 412 g/mol. The highest BCUT2D eigenvalue weighted by Gasteiger charge is 2.38. The lowest BCUT2D eigenvalue weighted by Crippen LogP contribution is -2.37. The summed E-state index contributed by atoms with van der Waals surface area (Å²) in [6.45, 7) is 4.89. The normalized spacial score (nSPS) is 19.4. The monoisotopic (exact) mass is 441 g/mol. The molecular formula is C24H29N2O4S+. The van der Waals surface area contributed by atoms with Crippen LogP contribution in [0.15, 0.2) is 46.9 Å². The molecule has 1 heterocycles. The number of amides is 2. The molecule has 0 spiro atoms. The van der Waals surface area contributed by atoms with Crippen LogP contribution >= 0.6 is 11.8 Å². The second kappa shape index (κ2) is 10.0. The average molecular weight is 442 g/mol. The number of methoxy groups -OCH3 is 2. The van der Waals surface area contributed by atoms with Crippen molar-refractivity contribution >= 4 is 35.4 Å². The van der Waals surface area contributed by atoms with E-state index >= 15 is 0 Å². The fraction of sp³-hybridized carbons (Fsp3) is 0.375. The third kappa shape index (κ3) is 5.28. The maximum absolute atomic E-state index is 13.0. The molecule has 0 aromatic heterocycles. The number of thioether (sulfide) groups is 1. The molecule has 1 aliphatic carbocycles. The molecule has 0 saturated heterocycles. The van der Waals surface area contributed by atoms with Crippen molar-refractivity contribution < 1.29 is 23.6 Å². The minimum Gasteiger partial charge on any atom is -0.493 e. The van der Waals surface area contributed by atoms with E-state index in [-0.39, 0.29) is 17.1 Å². The maximum atomic E-state index is 13.0. The van der Waals surface area contributed by atoms with Crippen molar-refractivity contribution in [2.75, 3.05) is 27.8 Å². The molecule has 3 rings (SSSR count). The topological polar surface area (TPSA) is 67.6 Å². The summed E-state index contributed by atoms with van der Waals surface area (Å²) in [5, 5.41) is 2.92. The van der Waals surface area contributed by atoms with Gasteiger partial charge in [-0.05, 0) is 36.1 Å². The van der Waals surface area contributed by atoms with Crippen LogP contribution in [-0.4, -0.2) is 55.2 Å². The Morgan fingerprint density at radius 1 is 1.26 bits per heavy atom. The van der Waals surface area contributed by atoms with Gasteiger partial charge in [0.25, 0.3) is 5.91 Å². The smallest absolute Gasteiger partial charge is 0.425 e. The number of allylic oxidation sites excluding steroid dienone is 1. The quantitative estimate of drug-likeness (QED) is 0.519. The summed E-state index contributed by atoms with van der Waals surface area (Å²) >= 11 is 1.48. The summed E-state index contributed by atoms with van der Waals surface area (Å²) in [6, 6.07) is 5.55. The number of carbonyl (C=O) groups excluding carboxylic acids is 2. The van der Waals surface area contributed by atoms with E-state index in [1.165, 1.54) is 11.8 Å². The highest BCUT2D eigenvalue weighted by Crippen LogP contribution is 2.35. The summed E-state index contributed by atoms with van der Waals surface area (Å²) in [5.41, 5.74) is 2.24. The Morgan fingerprint density at radius 2 is 2.00 bits per heavy atom. The van der Waals surface area contributed by atoms with Gasteiger partial charge in [0.05, 0.1) is 14.2 Å². The molecule has 31 heavy (non-hydrogen) atoms. The Kier molecular flexibility index (Phi) is 7.38. The Labute approximate surface area is 187 Å². The van der Waals surface area contributed by atoms with Gasteiger partial charge in [0.1, 0.15) is 17.2 Å². The van der Waals surface area contributed by atoms with E-state index in [2.05, 4.69) is 19.2 Å². The first-order chi connectivity index (χ1) is 14.8. The largest absolute Gasteiger partial charge is 0.493 e. The predicted molar refractivity (Wildman–Crippen MR) is 125 cm³/mol. The first kappa shape index (κ1) is 22.9. The molecule has 1 aliphatic heterocycles. The molecule has 1 unspecified atom stereocenters. The summed E-state index contributed by atoms with van der Waals surface area (Å²) < 4.78 is 12.3. The van der Waals surface area contributed by atoms with Gasteiger partial charge in [-0.15, -0.1) is 0 Å². The molecule has 2 aliphatic rings. The molecule has 2 amide bonds. The van der Waals surface area contributed by atoms with Crippen LogP contribution < -0.4 is 14.8 Å². The number of nitrogens with zero attached hydrogens (tertiary/aromatic N) is 1. The number of ether oxygens (including phenoxy) is 2. The van der Waals surface area contributed by atoms with Crippen molar-refractivity contribution in [2.24, 2.45) is 5.92 Å². The van der Waals surface area contributed by atoms with Gasteiger partial charge in [0, 0.05) is 18.2 Å². The first-order valence-corrected chi connectivity index (χ1v) is 11.2. The summed E-state index contributed by atoms with van der Waals surface area (Å²) in [4.78, 5) is 26.1. The van der Waals surface area contributed by atoms with Crippen molar-refractivity contribution in [3.8, 4) is 11.5 Å². The van der Waals surface area contributed by atoms with Crippen LogP contribution in [0.2, 0.25) is 0 Å². The fourth-order valence-corrected chi connectivity index (χ4v) is 4.56. The lowest BCUT2D eigenvalue weighted by atomic mass is 10.0. The number of rotatable bonds is 7. The highest BCUT2D eigenvalue weighted by molar-refractivity contribution is 8.05. The fourth-order valence-electron chi connectivity index (χ4n) is 3.34.